The molecule has 1 fully saturated rings. The summed E-state index contributed by atoms with van der Waals surface area (Å²) >= 11 is 0. The molecule has 7 nitrogen and oxygen atoms in total. The summed E-state index contributed by atoms with van der Waals surface area (Å²) in [6.07, 6.45) is 0. The Kier molecular flexibility index (Phi) is 2.55. The van der Waals surface area contributed by atoms with Crippen molar-refractivity contribution in [1.29, 1.82) is 0 Å². The summed E-state index contributed by atoms with van der Waals surface area (Å²) in [5.41, 5.74) is 11.0. The van der Waals surface area contributed by atoms with E-state index in [1.165, 1.54) is 0 Å². The van der Waals surface area contributed by atoms with E-state index >= 15 is 0 Å². The highest BCUT2D eigenvalue weighted by atomic mass is 15.3. The second-order valence-corrected chi connectivity index (χ2v) is 3.64. The molecule has 1 aromatic rings. The fourth-order valence-electron chi connectivity index (χ4n) is 1.55. The lowest BCUT2D eigenvalue weighted by atomic mass is 10.3. The lowest BCUT2D eigenvalue weighted by Crippen LogP contribution is -2.45. The summed E-state index contributed by atoms with van der Waals surface area (Å²) in [7, 11) is 2.09. The van der Waals surface area contributed by atoms with Gasteiger partial charge in [0.1, 0.15) is 0 Å². The SMILES string of the molecule is CN1CCN(c2nc(N)nc(N)n2)CC1. The third-order valence-corrected chi connectivity index (χ3v) is 2.44. The maximum absolute atomic E-state index is 5.51. The van der Waals surface area contributed by atoms with Gasteiger partial charge >= 0.3 is 0 Å². The average Bonchev–Trinajstić information content (AvgIpc) is 2.17. The smallest absolute Gasteiger partial charge is 0.232 e. The van der Waals surface area contributed by atoms with E-state index in [9.17, 15) is 0 Å². The minimum atomic E-state index is 0.177. The second-order valence-electron chi connectivity index (χ2n) is 3.64. The maximum Gasteiger partial charge on any atom is 0.232 e. The number of nitrogens with zero attached hydrogens (tertiary/aromatic N) is 5. The number of hydrogen-bond acceptors (Lipinski definition) is 7. The Morgan fingerprint density at radius 2 is 1.47 bits per heavy atom. The van der Waals surface area contributed by atoms with Gasteiger partial charge in [-0.05, 0) is 7.05 Å². The van der Waals surface area contributed by atoms with Crippen molar-refractivity contribution in [2.24, 2.45) is 0 Å². The number of anilines is 3. The number of rotatable bonds is 1. The Bertz CT molecular complexity index is 325. The lowest BCUT2D eigenvalue weighted by molar-refractivity contribution is 0.311. The van der Waals surface area contributed by atoms with Crippen LogP contribution < -0.4 is 16.4 Å². The predicted molar refractivity (Wildman–Crippen MR) is 58.4 cm³/mol. The summed E-state index contributed by atoms with van der Waals surface area (Å²) in [5, 5.41) is 0. The van der Waals surface area contributed by atoms with Crippen LogP contribution in [-0.4, -0.2) is 53.1 Å². The molecule has 0 unspecified atom stereocenters. The molecule has 0 amide bonds. The third-order valence-electron chi connectivity index (χ3n) is 2.44. The van der Waals surface area contributed by atoms with Crippen LogP contribution in [0.15, 0.2) is 0 Å². The van der Waals surface area contributed by atoms with Crippen molar-refractivity contribution in [2.45, 2.75) is 0 Å². The monoisotopic (exact) mass is 209 g/mol. The van der Waals surface area contributed by atoms with Gasteiger partial charge in [0.05, 0.1) is 0 Å². The highest BCUT2D eigenvalue weighted by Gasteiger charge is 2.17. The Morgan fingerprint density at radius 1 is 0.933 bits per heavy atom. The molecule has 15 heavy (non-hydrogen) atoms. The van der Waals surface area contributed by atoms with E-state index in [1.54, 1.807) is 0 Å². The van der Waals surface area contributed by atoms with E-state index in [0.717, 1.165) is 26.2 Å². The van der Waals surface area contributed by atoms with Gasteiger partial charge in [0.15, 0.2) is 0 Å². The molecule has 0 radical (unpaired) electrons. The molecule has 7 heteroatoms. The molecule has 0 atom stereocenters. The van der Waals surface area contributed by atoms with Gasteiger partial charge in [-0.2, -0.15) is 15.0 Å². The first-order valence-electron chi connectivity index (χ1n) is 4.85. The minimum Gasteiger partial charge on any atom is -0.368 e. The molecule has 0 spiro atoms. The van der Waals surface area contributed by atoms with Crippen molar-refractivity contribution in [3.63, 3.8) is 0 Å². The Balaban J connectivity index is 2.15. The van der Waals surface area contributed by atoms with Gasteiger partial charge in [0, 0.05) is 26.2 Å². The maximum atomic E-state index is 5.51. The summed E-state index contributed by atoms with van der Waals surface area (Å²) in [6, 6.07) is 0. The first-order valence-corrected chi connectivity index (χ1v) is 4.85. The van der Waals surface area contributed by atoms with Crippen molar-refractivity contribution in [1.82, 2.24) is 19.9 Å². The van der Waals surface area contributed by atoms with Crippen LogP contribution in [-0.2, 0) is 0 Å². The van der Waals surface area contributed by atoms with Crippen molar-refractivity contribution in [2.75, 3.05) is 49.6 Å². The van der Waals surface area contributed by atoms with Gasteiger partial charge < -0.3 is 21.3 Å². The summed E-state index contributed by atoms with van der Waals surface area (Å²) in [4.78, 5) is 16.2. The van der Waals surface area contributed by atoms with Crippen LogP contribution in [0.3, 0.4) is 0 Å². The van der Waals surface area contributed by atoms with E-state index < -0.39 is 0 Å². The van der Waals surface area contributed by atoms with E-state index in [-0.39, 0.29) is 11.9 Å². The lowest BCUT2D eigenvalue weighted by Gasteiger charge is -2.32. The average molecular weight is 209 g/mol. The van der Waals surface area contributed by atoms with Gasteiger partial charge in [-0.25, -0.2) is 0 Å². The molecular formula is C8H15N7. The van der Waals surface area contributed by atoms with Crippen LogP contribution in [0.5, 0.6) is 0 Å². The van der Waals surface area contributed by atoms with E-state index in [0.29, 0.717) is 5.95 Å². The molecule has 2 rings (SSSR count). The largest absolute Gasteiger partial charge is 0.368 e. The normalized spacial score (nSPS) is 18.1. The second kappa shape index (κ2) is 3.85. The highest BCUT2D eigenvalue weighted by molar-refractivity contribution is 5.39. The molecule has 4 N–H and O–H groups in total. The molecule has 1 aromatic heterocycles. The fourth-order valence-corrected chi connectivity index (χ4v) is 1.55. The number of hydrogen-bond donors (Lipinski definition) is 2. The molecule has 0 aromatic carbocycles. The van der Waals surface area contributed by atoms with Gasteiger partial charge in [-0.1, -0.05) is 0 Å². The molecule has 1 aliphatic rings. The van der Waals surface area contributed by atoms with E-state index in [4.69, 9.17) is 11.5 Å². The summed E-state index contributed by atoms with van der Waals surface area (Å²) in [6.45, 7) is 3.76. The first kappa shape index (κ1) is 9.91. The number of nitrogen functional groups attached to an aromatic ring is 2. The number of likely N-dealkylation sites (N-methyl/N-ethyl adjacent to an activating group) is 1. The molecule has 2 heterocycles. The van der Waals surface area contributed by atoms with Crippen molar-refractivity contribution < 1.29 is 0 Å². The van der Waals surface area contributed by atoms with Crippen molar-refractivity contribution in [3.05, 3.63) is 0 Å². The number of aromatic nitrogens is 3. The summed E-state index contributed by atoms with van der Waals surface area (Å²) < 4.78 is 0. The van der Waals surface area contributed by atoms with Crippen LogP contribution in [0.25, 0.3) is 0 Å². The zero-order valence-electron chi connectivity index (χ0n) is 8.72. The molecule has 1 saturated heterocycles. The third kappa shape index (κ3) is 2.24. The van der Waals surface area contributed by atoms with Crippen LogP contribution >= 0.6 is 0 Å². The van der Waals surface area contributed by atoms with Gasteiger partial charge in [-0.15, -0.1) is 0 Å². The zero-order chi connectivity index (χ0) is 10.8. The number of nitrogens with two attached hydrogens (primary N) is 2. The van der Waals surface area contributed by atoms with Gasteiger partial charge in [-0.3, -0.25) is 0 Å². The van der Waals surface area contributed by atoms with E-state index in [2.05, 4.69) is 31.8 Å². The predicted octanol–water partition coefficient (Wildman–Crippen LogP) is -1.21. The van der Waals surface area contributed by atoms with Gasteiger partial charge in [0.2, 0.25) is 17.8 Å². The standard InChI is InChI=1S/C8H15N7/c1-14-2-4-15(5-3-14)8-12-6(9)11-7(10)13-8/h2-5H2,1H3,(H4,9,10,11,12,13). The molecular weight excluding hydrogens is 194 g/mol. The Hall–Kier alpha value is -1.63. The molecule has 0 aliphatic carbocycles. The minimum absolute atomic E-state index is 0.177. The van der Waals surface area contributed by atoms with E-state index in [1.807, 2.05) is 0 Å². The molecule has 1 aliphatic heterocycles. The molecule has 0 bridgehead atoms. The Morgan fingerprint density at radius 3 is 2.00 bits per heavy atom. The van der Waals surface area contributed by atoms with Crippen LogP contribution in [0.2, 0.25) is 0 Å². The number of piperazine rings is 1. The van der Waals surface area contributed by atoms with Crippen molar-refractivity contribution in [3.8, 4) is 0 Å². The zero-order valence-corrected chi connectivity index (χ0v) is 8.72. The van der Waals surface area contributed by atoms with Crippen molar-refractivity contribution >= 4 is 17.8 Å². The van der Waals surface area contributed by atoms with Gasteiger partial charge in [0.25, 0.3) is 0 Å². The summed E-state index contributed by atoms with van der Waals surface area (Å²) in [5.74, 6) is 0.931. The fraction of sp³-hybridized carbons (Fsp3) is 0.625. The molecule has 0 saturated carbocycles. The topological polar surface area (TPSA) is 97.2 Å². The first-order chi connectivity index (χ1) is 7.15. The van der Waals surface area contributed by atoms with Crippen LogP contribution in [0, 0.1) is 0 Å². The van der Waals surface area contributed by atoms with Crippen LogP contribution in [0.1, 0.15) is 0 Å². The highest BCUT2D eigenvalue weighted by Crippen LogP contribution is 2.12. The van der Waals surface area contributed by atoms with Crippen LogP contribution in [0.4, 0.5) is 17.8 Å². The quantitative estimate of drug-likeness (QED) is 0.598. The Labute approximate surface area is 88.1 Å². The molecule has 82 valence electrons.